The maximum absolute atomic E-state index is 12.9. The quantitative estimate of drug-likeness (QED) is 0.553. The van der Waals surface area contributed by atoms with Crippen molar-refractivity contribution in [1.29, 1.82) is 0 Å². The van der Waals surface area contributed by atoms with Crippen molar-refractivity contribution in [3.05, 3.63) is 76.4 Å². The Labute approximate surface area is 176 Å². The summed E-state index contributed by atoms with van der Waals surface area (Å²) in [6, 6.07) is 14.1. The van der Waals surface area contributed by atoms with Gasteiger partial charge in [-0.3, -0.25) is 9.69 Å². The summed E-state index contributed by atoms with van der Waals surface area (Å²) in [6.45, 7) is 3.02. The lowest BCUT2D eigenvalue weighted by Crippen LogP contribution is -2.48. The van der Waals surface area contributed by atoms with Crippen molar-refractivity contribution in [1.82, 2.24) is 14.8 Å². The number of carbonyl (C=O) groups excluding carboxylic acids is 1. The first-order valence-electron chi connectivity index (χ1n) is 9.54. The van der Waals surface area contributed by atoms with Crippen molar-refractivity contribution in [2.45, 2.75) is 12.7 Å². The number of hydrogen-bond acceptors (Lipinski definition) is 3. The topological polar surface area (TPSA) is 36.4 Å². The van der Waals surface area contributed by atoms with Crippen molar-refractivity contribution in [3.63, 3.8) is 0 Å². The van der Waals surface area contributed by atoms with Gasteiger partial charge in [-0.2, -0.15) is 13.2 Å². The first-order valence-corrected chi connectivity index (χ1v) is 9.91. The highest BCUT2D eigenvalue weighted by Gasteiger charge is 2.30. The number of pyridine rings is 1. The van der Waals surface area contributed by atoms with E-state index in [0.717, 1.165) is 28.6 Å². The van der Waals surface area contributed by atoms with E-state index in [9.17, 15) is 18.0 Å². The molecule has 1 amide bonds. The van der Waals surface area contributed by atoms with Gasteiger partial charge in [-0.1, -0.05) is 23.7 Å². The Hall–Kier alpha value is -2.64. The molecule has 1 aliphatic rings. The highest BCUT2D eigenvalue weighted by atomic mass is 35.5. The van der Waals surface area contributed by atoms with Crippen LogP contribution in [-0.2, 0) is 12.7 Å². The summed E-state index contributed by atoms with van der Waals surface area (Å²) < 4.78 is 38.1. The molecule has 8 heteroatoms. The number of nitrogens with zero attached hydrogens (tertiary/aromatic N) is 3. The predicted octanol–water partition coefficient (Wildman–Crippen LogP) is 4.87. The fourth-order valence-electron chi connectivity index (χ4n) is 3.58. The van der Waals surface area contributed by atoms with E-state index in [0.29, 0.717) is 43.4 Å². The Morgan fingerprint density at radius 1 is 0.967 bits per heavy atom. The second-order valence-electron chi connectivity index (χ2n) is 7.30. The van der Waals surface area contributed by atoms with Gasteiger partial charge in [0.1, 0.15) is 5.15 Å². The molecule has 0 unspecified atom stereocenters. The molecule has 0 radical (unpaired) electrons. The molecule has 1 fully saturated rings. The zero-order valence-corrected chi connectivity index (χ0v) is 16.7. The van der Waals surface area contributed by atoms with Crippen LogP contribution in [0, 0.1) is 0 Å². The molecule has 0 atom stereocenters. The van der Waals surface area contributed by atoms with E-state index < -0.39 is 11.7 Å². The number of carbonyl (C=O) groups is 1. The van der Waals surface area contributed by atoms with Crippen molar-refractivity contribution in [3.8, 4) is 0 Å². The van der Waals surface area contributed by atoms with E-state index in [1.165, 1.54) is 12.1 Å². The average molecular weight is 434 g/mol. The minimum atomic E-state index is -4.32. The highest BCUT2D eigenvalue weighted by Crippen LogP contribution is 2.29. The van der Waals surface area contributed by atoms with Gasteiger partial charge in [0.2, 0.25) is 0 Å². The largest absolute Gasteiger partial charge is 0.416 e. The van der Waals surface area contributed by atoms with Crippen LogP contribution in [0.4, 0.5) is 13.2 Å². The van der Waals surface area contributed by atoms with Gasteiger partial charge >= 0.3 is 6.18 Å². The van der Waals surface area contributed by atoms with Gasteiger partial charge in [0.25, 0.3) is 5.91 Å². The third-order valence-corrected chi connectivity index (χ3v) is 5.46. The van der Waals surface area contributed by atoms with Gasteiger partial charge in [0, 0.05) is 43.7 Å². The third-order valence-electron chi connectivity index (χ3n) is 5.25. The van der Waals surface area contributed by atoms with E-state index in [1.54, 1.807) is 23.1 Å². The lowest BCUT2D eigenvalue weighted by Gasteiger charge is -2.34. The maximum atomic E-state index is 12.9. The van der Waals surface area contributed by atoms with Gasteiger partial charge in [-0.05, 0) is 48.0 Å². The minimum absolute atomic E-state index is 0.0407. The molecule has 0 bridgehead atoms. The molecule has 4 rings (SSSR count). The second kappa shape index (κ2) is 8.24. The molecule has 4 nitrogen and oxygen atoms in total. The van der Waals surface area contributed by atoms with E-state index in [1.807, 2.05) is 12.1 Å². The van der Waals surface area contributed by atoms with Gasteiger partial charge in [0.05, 0.1) is 11.1 Å². The zero-order valence-electron chi connectivity index (χ0n) is 16.0. The lowest BCUT2D eigenvalue weighted by molar-refractivity contribution is -0.137. The number of piperazine rings is 1. The van der Waals surface area contributed by atoms with Crippen molar-refractivity contribution in [2.24, 2.45) is 0 Å². The molecule has 0 N–H and O–H groups in total. The van der Waals surface area contributed by atoms with Crippen LogP contribution >= 0.6 is 11.6 Å². The number of amides is 1. The van der Waals surface area contributed by atoms with E-state index in [-0.39, 0.29) is 5.91 Å². The van der Waals surface area contributed by atoms with E-state index in [4.69, 9.17) is 11.6 Å². The number of halogens is 4. The Balaban J connectivity index is 1.36. The molecule has 0 spiro atoms. The fourth-order valence-corrected chi connectivity index (χ4v) is 3.74. The molecule has 1 saturated heterocycles. The van der Waals surface area contributed by atoms with Crippen molar-refractivity contribution in [2.75, 3.05) is 26.2 Å². The fraction of sp³-hybridized carbons (Fsp3) is 0.273. The maximum Gasteiger partial charge on any atom is 0.416 e. The molecular formula is C22H19ClF3N3O. The highest BCUT2D eigenvalue weighted by molar-refractivity contribution is 6.29. The first-order chi connectivity index (χ1) is 14.3. The van der Waals surface area contributed by atoms with Crippen LogP contribution < -0.4 is 0 Å². The summed E-state index contributed by atoms with van der Waals surface area (Å²) in [5, 5.41) is 1.26. The molecule has 0 aliphatic carbocycles. The summed E-state index contributed by atoms with van der Waals surface area (Å²) in [6.07, 6.45) is -4.32. The first kappa shape index (κ1) is 20.6. The minimum Gasteiger partial charge on any atom is -0.336 e. The molecule has 0 saturated carbocycles. The SMILES string of the molecule is O=C(c1ccc2nc(Cl)ccc2c1)N1CCN(Cc2ccc(C(F)(F)F)cc2)CC1. The van der Waals surface area contributed by atoms with Crippen LogP contribution in [0.3, 0.4) is 0 Å². The summed E-state index contributed by atoms with van der Waals surface area (Å²) in [5.41, 5.74) is 1.52. The molecule has 2 heterocycles. The lowest BCUT2D eigenvalue weighted by atomic mass is 10.1. The smallest absolute Gasteiger partial charge is 0.336 e. The van der Waals surface area contributed by atoms with E-state index >= 15 is 0 Å². The number of aromatic nitrogens is 1. The normalized spacial score (nSPS) is 15.5. The van der Waals surface area contributed by atoms with Crippen LogP contribution in [-0.4, -0.2) is 46.9 Å². The Kier molecular flexibility index (Phi) is 5.66. The number of benzene rings is 2. The molecule has 3 aromatic rings. The Morgan fingerprint density at radius 3 is 2.33 bits per heavy atom. The van der Waals surface area contributed by atoms with Crippen LogP contribution in [0.25, 0.3) is 10.9 Å². The molecule has 1 aromatic heterocycles. The zero-order chi connectivity index (χ0) is 21.3. The number of fused-ring (bicyclic) bond motifs is 1. The number of alkyl halides is 3. The number of rotatable bonds is 3. The number of hydrogen-bond donors (Lipinski definition) is 0. The van der Waals surface area contributed by atoms with Gasteiger partial charge in [-0.25, -0.2) is 4.98 Å². The van der Waals surface area contributed by atoms with Crippen LogP contribution in [0.15, 0.2) is 54.6 Å². The summed E-state index contributed by atoms with van der Waals surface area (Å²) >= 11 is 5.90. The van der Waals surface area contributed by atoms with Crippen molar-refractivity contribution < 1.29 is 18.0 Å². The molecule has 1 aliphatic heterocycles. The second-order valence-corrected chi connectivity index (χ2v) is 7.69. The Bertz CT molecular complexity index is 1060. The van der Waals surface area contributed by atoms with Crippen LogP contribution in [0.2, 0.25) is 5.15 Å². The van der Waals surface area contributed by atoms with Gasteiger partial charge in [-0.15, -0.1) is 0 Å². The molecule has 30 heavy (non-hydrogen) atoms. The van der Waals surface area contributed by atoms with Gasteiger partial charge < -0.3 is 4.90 Å². The standard InChI is InChI=1S/C22H19ClF3N3O/c23-20-8-4-16-13-17(3-7-19(16)27-20)21(30)29-11-9-28(10-12-29)14-15-1-5-18(6-2-15)22(24,25)26/h1-8,13H,9-12,14H2. The molecule has 2 aromatic carbocycles. The van der Waals surface area contributed by atoms with Gasteiger partial charge in [0.15, 0.2) is 0 Å². The predicted molar refractivity (Wildman–Crippen MR) is 109 cm³/mol. The Morgan fingerprint density at radius 2 is 1.67 bits per heavy atom. The third kappa shape index (κ3) is 4.57. The van der Waals surface area contributed by atoms with Crippen LogP contribution in [0.5, 0.6) is 0 Å². The summed E-state index contributed by atoms with van der Waals surface area (Å²) in [5.74, 6) is -0.0407. The summed E-state index contributed by atoms with van der Waals surface area (Å²) in [4.78, 5) is 21.0. The molecular weight excluding hydrogens is 415 g/mol. The average Bonchev–Trinajstić information content (AvgIpc) is 2.73. The monoisotopic (exact) mass is 433 g/mol. The molecule has 156 valence electrons. The van der Waals surface area contributed by atoms with Crippen LogP contribution in [0.1, 0.15) is 21.5 Å². The van der Waals surface area contributed by atoms with E-state index in [2.05, 4.69) is 9.88 Å². The van der Waals surface area contributed by atoms with Crippen molar-refractivity contribution >= 4 is 28.4 Å². The summed E-state index contributed by atoms with van der Waals surface area (Å²) in [7, 11) is 0.